The first-order valence-corrected chi connectivity index (χ1v) is 6.08. The summed E-state index contributed by atoms with van der Waals surface area (Å²) in [6.45, 7) is 6.52. The summed E-state index contributed by atoms with van der Waals surface area (Å²) in [4.78, 5) is 0. The largest absolute Gasteiger partial charge is 0.379 e. The molecule has 0 bridgehead atoms. The van der Waals surface area contributed by atoms with Gasteiger partial charge in [0, 0.05) is 30.7 Å². The molecule has 0 spiro atoms. The molecule has 0 amide bonds. The molecule has 78 valence electrons. The number of hydrogen-bond donors (Lipinski definition) is 1. The number of hydrogen-bond acceptors (Lipinski definition) is 3. The van der Waals surface area contributed by atoms with Crippen LogP contribution in [0.2, 0.25) is 0 Å². The second kappa shape index (κ2) is 4.67. The van der Waals surface area contributed by atoms with Crippen LogP contribution in [-0.4, -0.2) is 36.3 Å². The lowest BCUT2D eigenvalue weighted by Crippen LogP contribution is -2.47. The Labute approximate surface area is 85.8 Å². The van der Waals surface area contributed by atoms with Crippen molar-refractivity contribution in [3.63, 3.8) is 0 Å². The normalized spacial score (nSPS) is 21.2. The molecule has 1 aliphatic heterocycles. The molecule has 1 N–H and O–H groups in total. The Morgan fingerprint density at radius 1 is 1.54 bits per heavy atom. The summed E-state index contributed by atoms with van der Waals surface area (Å²) in [7, 11) is 1.78. The fourth-order valence-electron chi connectivity index (χ4n) is 1.61. The van der Waals surface area contributed by atoms with Crippen molar-refractivity contribution in [2.75, 3.05) is 18.6 Å². The van der Waals surface area contributed by atoms with Crippen molar-refractivity contribution >= 4 is 11.8 Å². The van der Waals surface area contributed by atoms with Gasteiger partial charge in [0.2, 0.25) is 0 Å². The molecule has 1 heterocycles. The van der Waals surface area contributed by atoms with Gasteiger partial charge in [-0.15, -0.1) is 0 Å². The van der Waals surface area contributed by atoms with Crippen molar-refractivity contribution in [2.24, 2.45) is 0 Å². The fourth-order valence-corrected chi connectivity index (χ4v) is 2.28. The van der Waals surface area contributed by atoms with Gasteiger partial charge in [0.25, 0.3) is 0 Å². The second-order valence-electron chi connectivity index (χ2n) is 4.47. The van der Waals surface area contributed by atoms with Crippen molar-refractivity contribution in [1.82, 2.24) is 5.32 Å². The molecule has 0 aliphatic carbocycles. The maximum atomic E-state index is 5.40. The second-order valence-corrected chi connectivity index (χ2v) is 5.54. The Kier molecular flexibility index (Phi) is 4.07. The van der Waals surface area contributed by atoms with Crippen LogP contribution in [0.15, 0.2) is 0 Å². The average molecular weight is 203 g/mol. The Bertz CT molecular complexity index is 157. The zero-order valence-electron chi connectivity index (χ0n) is 9.09. The molecule has 0 aromatic carbocycles. The van der Waals surface area contributed by atoms with E-state index in [4.69, 9.17) is 4.74 Å². The Balaban J connectivity index is 2.19. The third kappa shape index (κ3) is 3.88. The topological polar surface area (TPSA) is 21.3 Å². The van der Waals surface area contributed by atoms with E-state index in [0.29, 0.717) is 6.04 Å². The minimum Gasteiger partial charge on any atom is -0.379 e. The molecular weight excluding hydrogens is 182 g/mol. The standard InChI is InChI=1S/C10H21NOS/c1-8(5-10(2,3)12-4)11-9-6-13-7-9/h8-9,11H,5-7H2,1-4H3. The van der Waals surface area contributed by atoms with Gasteiger partial charge in [-0.1, -0.05) is 0 Å². The zero-order valence-corrected chi connectivity index (χ0v) is 9.91. The Hall–Kier alpha value is 0.270. The van der Waals surface area contributed by atoms with Crippen LogP contribution in [-0.2, 0) is 4.74 Å². The Morgan fingerprint density at radius 3 is 2.54 bits per heavy atom. The van der Waals surface area contributed by atoms with Gasteiger partial charge in [-0.3, -0.25) is 0 Å². The summed E-state index contributed by atoms with van der Waals surface area (Å²) in [5.41, 5.74) is 0.00328. The van der Waals surface area contributed by atoms with Crippen molar-refractivity contribution in [1.29, 1.82) is 0 Å². The molecule has 1 rings (SSSR count). The quantitative estimate of drug-likeness (QED) is 0.737. The van der Waals surface area contributed by atoms with Crippen molar-refractivity contribution in [3.05, 3.63) is 0 Å². The van der Waals surface area contributed by atoms with Crippen LogP contribution in [0.3, 0.4) is 0 Å². The van der Waals surface area contributed by atoms with Crippen LogP contribution in [0.1, 0.15) is 27.2 Å². The SMILES string of the molecule is COC(C)(C)CC(C)NC1CSC1. The third-order valence-corrected chi connectivity index (χ3v) is 3.78. The van der Waals surface area contributed by atoms with Crippen LogP contribution in [0, 0.1) is 0 Å². The smallest absolute Gasteiger partial charge is 0.0637 e. The summed E-state index contributed by atoms with van der Waals surface area (Å²) in [5.74, 6) is 2.55. The summed E-state index contributed by atoms with van der Waals surface area (Å²) >= 11 is 2.02. The summed E-state index contributed by atoms with van der Waals surface area (Å²) in [6.07, 6.45) is 1.07. The number of rotatable bonds is 5. The number of methoxy groups -OCH3 is 1. The summed E-state index contributed by atoms with van der Waals surface area (Å²) in [5, 5.41) is 3.61. The van der Waals surface area contributed by atoms with Crippen molar-refractivity contribution in [2.45, 2.75) is 44.9 Å². The van der Waals surface area contributed by atoms with Crippen LogP contribution in [0.25, 0.3) is 0 Å². The lowest BCUT2D eigenvalue weighted by atomic mass is 9.99. The molecule has 0 aromatic heterocycles. The molecule has 0 radical (unpaired) electrons. The minimum atomic E-state index is 0.00328. The van der Waals surface area contributed by atoms with Gasteiger partial charge in [-0.2, -0.15) is 11.8 Å². The van der Waals surface area contributed by atoms with Crippen LogP contribution in [0.5, 0.6) is 0 Å². The van der Waals surface area contributed by atoms with E-state index >= 15 is 0 Å². The van der Waals surface area contributed by atoms with Gasteiger partial charge >= 0.3 is 0 Å². The third-order valence-electron chi connectivity index (χ3n) is 2.51. The van der Waals surface area contributed by atoms with E-state index in [-0.39, 0.29) is 5.60 Å². The minimum absolute atomic E-state index is 0.00328. The first-order valence-electron chi connectivity index (χ1n) is 4.92. The molecule has 3 heteroatoms. The molecule has 2 nitrogen and oxygen atoms in total. The summed E-state index contributed by atoms with van der Waals surface area (Å²) in [6, 6.07) is 1.30. The van der Waals surface area contributed by atoms with Crippen LogP contribution >= 0.6 is 11.8 Å². The van der Waals surface area contributed by atoms with Gasteiger partial charge < -0.3 is 10.1 Å². The lowest BCUT2D eigenvalue weighted by molar-refractivity contribution is 0.00800. The molecule has 1 unspecified atom stereocenters. The first-order chi connectivity index (χ1) is 6.03. The molecule has 0 saturated carbocycles. The highest BCUT2D eigenvalue weighted by molar-refractivity contribution is 8.00. The van der Waals surface area contributed by atoms with Crippen molar-refractivity contribution in [3.8, 4) is 0 Å². The molecule has 1 fully saturated rings. The van der Waals surface area contributed by atoms with Crippen LogP contribution < -0.4 is 5.32 Å². The zero-order chi connectivity index (χ0) is 9.90. The van der Waals surface area contributed by atoms with E-state index in [1.54, 1.807) is 7.11 Å². The van der Waals surface area contributed by atoms with E-state index in [1.165, 1.54) is 11.5 Å². The van der Waals surface area contributed by atoms with Gasteiger partial charge in [-0.05, 0) is 27.2 Å². The molecule has 1 saturated heterocycles. The predicted molar refractivity (Wildman–Crippen MR) is 59.4 cm³/mol. The molecule has 13 heavy (non-hydrogen) atoms. The maximum absolute atomic E-state index is 5.40. The van der Waals surface area contributed by atoms with E-state index in [2.05, 4.69) is 26.1 Å². The molecule has 0 aromatic rings. The van der Waals surface area contributed by atoms with E-state index < -0.39 is 0 Å². The Morgan fingerprint density at radius 2 is 2.15 bits per heavy atom. The van der Waals surface area contributed by atoms with E-state index in [1.807, 2.05) is 11.8 Å². The lowest BCUT2D eigenvalue weighted by Gasteiger charge is -2.33. The van der Waals surface area contributed by atoms with Crippen LogP contribution in [0.4, 0.5) is 0 Å². The highest BCUT2D eigenvalue weighted by Crippen LogP contribution is 2.20. The summed E-state index contributed by atoms with van der Waals surface area (Å²) < 4.78 is 5.40. The monoisotopic (exact) mass is 203 g/mol. The van der Waals surface area contributed by atoms with Gasteiger partial charge in [0.1, 0.15) is 0 Å². The number of ether oxygens (including phenoxy) is 1. The predicted octanol–water partition coefficient (Wildman–Crippen LogP) is 1.89. The van der Waals surface area contributed by atoms with E-state index in [0.717, 1.165) is 12.5 Å². The highest BCUT2D eigenvalue weighted by atomic mass is 32.2. The van der Waals surface area contributed by atoms with Gasteiger partial charge in [-0.25, -0.2) is 0 Å². The molecule has 1 atom stereocenters. The maximum Gasteiger partial charge on any atom is 0.0637 e. The van der Waals surface area contributed by atoms with Gasteiger partial charge in [0.15, 0.2) is 0 Å². The fraction of sp³-hybridized carbons (Fsp3) is 1.00. The first kappa shape index (κ1) is 11.3. The molecule has 1 aliphatic rings. The number of nitrogens with one attached hydrogen (secondary N) is 1. The van der Waals surface area contributed by atoms with Gasteiger partial charge in [0.05, 0.1) is 5.60 Å². The number of thioether (sulfide) groups is 1. The molecular formula is C10H21NOS. The highest BCUT2D eigenvalue weighted by Gasteiger charge is 2.24. The average Bonchev–Trinajstić information content (AvgIpc) is 1.96. The van der Waals surface area contributed by atoms with E-state index in [9.17, 15) is 0 Å². The van der Waals surface area contributed by atoms with Crippen molar-refractivity contribution < 1.29 is 4.74 Å².